The van der Waals surface area contributed by atoms with Crippen molar-refractivity contribution in [1.82, 2.24) is 9.71 Å². The largest absolute Gasteiger partial charge is 0.269 e. The van der Waals surface area contributed by atoms with Gasteiger partial charge in [0.2, 0.25) is 10.0 Å². The number of non-ortho nitro benzene ring substituents is 1. The minimum absolute atomic E-state index is 0.0121. The molecule has 0 spiro atoms. The van der Waals surface area contributed by atoms with E-state index < -0.39 is 14.9 Å². The van der Waals surface area contributed by atoms with Gasteiger partial charge in [-0.1, -0.05) is 12.1 Å². The van der Waals surface area contributed by atoms with Crippen LogP contribution >= 0.6 is 11.3 Å². The highest BCUT2D eigenvalue weighted by atomic mass is 32.2. The minimum Gasteiger partial charge on any atom is -0.258 e. The number of hydrogen-bond donors (Lipinski definition) is 1. The molecule has 3 aromatic rings. The Bertz CT molecular complexity index is 965. The highest BCUT2D eigenvalue weighted by molar-refractivity contribution is 7.89. The lowest BCUT2D eigenvalue weighted by atomic mass is 10.3. The number of para-hydroxylation sites is 1. The zero-order valence-electron chi connectivity index (χ0n) is 13.1. The van der Waals surface area contributed by atoms with E-state index in [1.165, 1.54) is 24.3 Å². The van der Waals surface area contributed by atoms with Crippen LogP contribution in [0.25, 0.3) is 10.2 Å². The molecule has 0 unspecified atom stereocenters. The molecular formula is C16H15N3O4S2. The average Bonchev–Trinajstić information content (AvgIpc) is 3.01. The number of thiazole rings is 1. The van der Waals surface area contributed by atoms with Crippen molar-refractivity contribution in [3.8, 4) is 0 Å². The number of rotatable bonds is 7. The molecule has 130 valence electrons. The predicted octanol–water partition coefficient (Wildman–Crippen LogP) is 3.12. The van der Waals surface area contributed by atoms with Crippen LogP contribution in [-0.4, -0.2) is 24.9 Å². The molecule has 0 saturated carbocycles. The van der Waals surface area contributed by atoms with Crippen LogP contribution in [0.15, 0.2) is 53.4 Å². The van der Waals surface area contributed by atoms with E-state index in [9.17, 15) is 18.5 Å². The molecule has 1 N–H and O–H groups in total. The Balaban J connectivity index is 1.56. The molecule has 1 heterocycles. The molecule has 0 radical (unpaired) electrons. The quantitative estimate of drug-likeness (QED) is 0.387. The molecule has 0 bridgehead atoms. The van der Waals surface area contributed by atoms with E-state index in [4.69, 9.17) is 0 Å². The van der Waals surface area contributed by atoms with Crippen molar-refractivity contribution in [3.05, 3.63) is 63.7 Å². The van der Waals surface area contributed by atoms with Crippen LogP contribution in [-0.2, 0) is 16.4 Å². The molecule has 0 aliphatic carbocycles. The van der Waals surface area contributed by atoms with Gasteiger partial charge in [-0.15, -0.1) is 11.3 Å². The number of fused-ring (bicyclic) bond motifs is 1. The summed E-state index contributed by atoms with van der Waals surface area (Å²) in [5.41, 5.74) is 0.809. The molecule has 0 atom stereocenters. The summed E-state index contributed by atoms with van der Waals surface area (Å²) in [7, 11) is -3.67. The third kappa shape index (κ3) is 4.19. The zero-order valence-corrected chi connectivity index (χ0v) is 14.7. The summed E-state index contributed by atoms with van der Waals surface area (Å²) >= 11 is 1.60. The number of nitrogens with zero attached hydrogens (tertiary/aromatic N) is 2. The number of nitrogens with one attached hydrogen (secondary N) is 1. The van der Waals surface area contributed by atoms with E-state index in [-0.39, 0.29) is 17.1 Å². The molecule has 9 heteroatoms. The van der Waals surface area contributed by atoms with Crippen LogP contribution in [0.3, 0.4) is 0 Å². The monoisotopic (exact) mass is 377 g/mol. The molecule has 25 heavy (non-hydrogen) atoms. The summed E-state index contributed by atoms with van der Waals surface area (Å²) in [6.45, 7) is 0.273. The summed E-state index contributed by atoms with van der Waals surface area (Å²) in [6.07, 6.45) is 1.30. The highest BCUT2D eigenvalue weighted by Crippen LogP contribution is 2.22. The molecule has 0 aliphatic heterocycles. The Kier molecular flexibility index (Phi) is 5.07. The summed E-state index contributed by atoms with van der Waals surface area (Å²) < 4.78 is 28.0. The van der Waals surface area contributed by atoms with Gasteiger partial charge in [0, 0.05) is 25.1 Å². The summed E-state index contributed by atoms with van der Waals surface area (Å²) in [4.78, 5) is 14.6. The second-order valence-corrected chi connectivity index (χ2v) is 8.21. The number of benzene rings is 2. The Morgan fingerprint density at radius 2 is 1.84 bits per heavy atom. The fraction of sp³-hybridized carbons (Fsp3) is 0.188. The Morgan fingerprint density at radius 3 is 2.52 bits per heavy atom. The van der Waals surface area contributed by atoms with E-state index in [1.807, 2.05) is 24.3 Å². The lowest BCUT2D eigenvalue weighted by Crippen LogP contribution is -2.25. The van der Waals surface area contributed by atoms with Crippen LogP contribution in [0, 0.1) is 10.1 Å². The molecule has 1 aromatic heterocycles. The third-order valence-corrected chi connectivity index (χ3v) is 6.13. The zero-order chi connectivity index (χ0) is 17.9. The highest BCUT2D eigenvalue weighted by Gasteiger charge is 2.15. The van der Waals surface area contributed by atoms with E-state index in [2.05, 4.69) is 9.71 Å². The first kappa shape index (κ1) is 17.5. The Morgan fingerprint density at radius 1 is 1.12 bits per heavy atom. The van der Waals surface area contributed by atoms with Crippen LogP contribution in [0.5, 0.6) is 0 Å². The van der Waals surface area contributed by atoms with Gasteiger partial charge < -0.3 is 0 Å². The molecule has 2 aromatic carbocycles. The van der Waals surface area contributed by atoms with Gasteiger partial charge in [0.05, 0.1) is 25.0 Å². The second kappa shape index (κ2) is 7.26. The molecule has 0 amide bonds. The minimum atomic E-state index is -3.67. The fourth-order valence-electron chi connectivity index (χ4n) is 2.30. The van der Waals surface area contributed by atoms with Crippen molar-refractivity contribution in [2.24, 2.45) is 0 Å². The molecule has 0 saturated heterocycles. The molecule has 0 aliphatic rings. The van der Waals surface area contributed by atoms with Crippen LogP contribution in [0.4, 0.5) is 5.69 Å². The van der Waals surface area contributed by atoms with Crippen LogP contribution in [0.1, 0.15) is 11.4 Å². The first-order valence-corrected chi connectivity index (χ1v) is 9.84. The summed E-state index contributed by atoms with van der Waals surface area (Å²) in [5, 5.41) is 11.6. The summed E-state index contributed by atoms with van der Waals surface area (Å²) in [6, 6.07) is 12.7. The smallest absolute Gasteiger partial charge is 0.258 e. The maximum atomic E-state index is 12.2. The van der Waals surface area contributed by atoms with Crippen molar-refractivity contribution in [2.45, 2.75) is 17.7 Å². The summed E-state index contributed by atoms with van der Waals surface area (Å²) in [5.74, 6) is 0. The first-order valence-electron chi connectivity index (χ1n) is 7.54. The van der Waals surface area contributed by atoms with Gasteiger partial charge >= 0.3 is 0 Å². The van der Waals surface area contributed by atoms with Crippen molar-refractivity contribution >= 4 is 37.3 Å². The van der Waals surface area contributed by atoms with Gasteiger partial charge in [-0.3, -0.25) is 10.1 Å². The molecular weight excluding hydrogens is 362 g/mol. The van der Waals surface area contributed by atoms with Crippen LogP contribution < -0.4 is 4.72 Å². The standard InChI is InChI=1S/C16H15N3O4S2/c20-19(21)12-7-9-13(10-8-12)25(22,23)17-11-3-6-16-18-14-4-1-2-5-15(14)24-16/h1-2,4-5,7-10,17H,3,6,11H2. The van der Waals surface area contributed by atoms with E-state index in [0.717, 1.165) is 15.2 Å². The maximum Gasteiger partial charge on any atom is 0.269 e. The number of sulfonamides is 1. The average molecular weight is 377 g/mol. The topological polar surface area (TPSA) is 102 Å². The van der Waals surface area contributed by atoms with Crippen LogP contribution in [0.2, 0.25) is 0 Å². The van der Waals surface area contributed by atoms with Crippen molar-refractivity contribution in [2.75, 3.05) is 6.54 Å². The van der Waals surface area contributed by atoms with Gasteiger partial charge in [0.15, 0.2) is 0 Å². The molecule has 3 rings (SSSR count). The second-order valence-electron chi connectivity index (χ2n) is 5.33. The van der Waals surface area contributed by atoms with Gasteiger partial charge in [-0.25, -0.2) is 18.1 Å². The first-order chi connectivity index (χ1) is 12.0. The Hall–Kier alpha value is -2.36. The van der Waals surface area contributed by atoms with E-state index >= 15 is 0 Å². The molecule has 0 fully saturated rings. The predicted molar refractivity (Wildman–Crippen MR) is 96.2 cm³/mol. The third-order valence-electron chi connectivity index (χ3n) is 3.56. The fourth-order valence-corrected chi connectivity index (χ4v) is 4.39. The van der Waals surface area contributed by atoms with E-state index in [0.29, 0.717) is 12.8 Å². The van der Waals surface area contributed by atoms with Gasteiger partial charge in [0.25, 0.3) is 5.69 Å². The van der Waals surface area contributed by atoms with Gasteiger partial charge in [0.1, 0.15) is 0 Å². The normalized spacial score (nSPS) is 11.7. The Labute approximate surface area is 148 Å². The SMILES string of the molecule is O=[N+]([O-])c1ccc(S(=O)(=O)NCCCc2nc3ccccc3s2)cc1. The van der Waals surface area contributed by atoms with Crippen molar-refractivity contribution in [3.63, 3.8) is 0 Å². The lowest BCUT2D eigenvalue weighted by molar-refractivity contribution is -0.384. The molecule has 7 nitrogen and oxygen atoms in total. The van der Waals surface area contributed by atoms with Gasteiger partial charge in [-0.05, 0) is 30.7 Å². The number of nitro benzene ring substituents is 1. The van der Waals surface area contributed by atoms with E-state index in [1.54, 1.807) is 11.3 Å². The number of aryl methyl sites for hydroxylation is 1. The van der Waals surface area contributed by atoms with Crippen molar-refractivity contribution < 1.29 is 13.3 Å². The lowest BCUT2D eigenvalue weighted by Gasteiger charge is -2.06. The van der Waals surface area contributed by atoms with Gasteiger partial charge in [-0.2, -0.15) is 0 Å². The number of hydrogen-bond acceptors (Lipinski definition) is 6. The number of aromatic nitrogens is 1. The van der Waals surface area contributed by atoms with Crippen molar-refractivity contribution in [1.29, 1.82) is 0 Å². The number of nitro groups is 1. The maximum absolute atomic E-state index is 12.2.